The summed E-state index contributed by atoms with van der Waals surface area (Å²) in [5.74, 6) is 1.28. The highest BCUT2D eigenvalue weighted by Crippen LogP contribution is 2.26. The van der Waals surface area contributed by atoms with E-state index in [9.17, 15) is 0 Å². The van der Waals surface area contributed by atoms with Crippen molar-refractivity contribution in [1.82, 2.24) is 15.0 Å². The number of anilines is 4. The lowest BCUT2D eigenvalue weighted by Crippen LogP contribution is -2.19. The van der Waals surface area contributed by atoms with Crippen LogP contribution < -0.4 is 16.4 Å². The summed E-state index contributed by atoms with van der Waals surface area (Å²) < 4.78 is 0. The van der Waals surface area contributed by atoms with E-state index in [1.807, 2.05) is 30.3 Å². The van der Waals surface area contributed by atoms with Gasteiger partial charge >= 0.3 is 0 Å². The number of benzene rings is 1. The van der Waals surface area contributed by atoms with Crippen LogP contribution in [-0.4, -0.2) is 21.5 Å². The monoisotopic (exact) mass is 294 g/mol. The summed E-state index contributed by atoms with van der Waals surface area (Å²) in [5, 5.41) is 0. The molecule has 0 radical (unpaired) electrons. The summed E-state index contributed by atoms with van der Waals surface area (Å²) in [4.78, 5) is 14.9. The van der Waals surface area contributed by atoms with Crippen LogP contribution in [0.5, 0.6) is 0 Å². The molecule has 2 aromatic heterocycles. The lowest BCUT2D eigenvalue weighted by Gasteiger charge is -2.23. The van der Waals surface area contributed by atoms with Crippen LogP contribution in [0.15, 0.2) is 42.5 Å². The van der Waals surface area contributed by atoms with E-state index < -0.39 is 0 Å². The van der Waals surface area contributed by atoms with Crippen LogP contribution in [0, 0.1) is 0 Å². The first-order valence-electron chi connectivity index (χ1n) is 7.21. The van der Waals surface area contributed by atoms with Crippen LogP contribution in [-0.2, 0) is 0 Å². The molecule has 0 bridgehead atoms. The third-order valence-electron chi connectivity index (χ3n) is 3.36. The van der Waals surface area contributed by atoms with Crippen molar-refractivity contribution >= 4 is 34.3 Å². The highest BCUT2D eigenvalue weighted by molar-refractivity contribution is 5.86. The molecule has 4 N–H and O–H groups in total. The minimum Gasteiger partial charge on any atom is -0.382 e. The van der Waals surface area contributed by atoms with Gasteiger partial charge in [-0.3, -0.25) is 0 Å². The fraction of sp³-hybridized carbons (Fsp3) is 0.188. The van der Waals surface area contributed by atoms with Crippen molar-refractivity contribution in [1.29, 1.82) is 0 Å². The van der Waals surface area contributed by atoms with Gasteiger partial charge in [0.25, 0.3) is 0 Å². The smallest absolute Gasteiger partial charge is 0.222 e. The molecule has 0 spiro atoms. The standard InChI is InChI=1S/C16H18N6/c1-2-10-22(11-6-4-3-5-7-11)13-9-8-12-14(20-13)15(17)21-16(18)19-12/h3-9H,2,10H2,1H3,(H4,17,18,19,21). The number of nitrogen functional groups attached to an aromatic ring is 2. The number of para-hydroxylation sites is 1. The fourth-order valence-corrected chi connectivity index (χ4v) is 2.40. The van der Waals surface area contributed by atoms with Gasteiger partial charge in [-0.25, -0.2) is 9.97 Å². The molecule has 3 aromatic rings. The van der Waals surface area contributed by atoms with E-state index in [1.54, 1.807) is 0 Å². The molecule has 6 nitrogen and oxygen atoms in total. The maximum Gasteiger partial charge on any atom is 0.222 e. The van der Waals surface area contributed by atoms with E-state index in [4.69, 9.17) is 11.5 Å². The van der Waals surface area contributed by atoms with Crippen LogP contribution >= 0.6 is 0 Å². The summed E-state index contributed by atoms with van der Waals surface area (Å²) in [6.07, 6.45) is 1.00. The first-order valence-corrected chi connectivity index (χ1v) is 7.21. The molecular formula is C16H18N6. The number of pyridine rings is 1. The second kappa shape index (κ2) is 5.85. The number of hydrogen-bond donors (Lipinski definition) is 2. The zero-order valence-electron chi connectivity index (χ0n) is 12.4. The molecule has 3 rings (SSSR count). The number of nitrogens with two attached hydrogens (primary N) is 2. The summed E-state index contributed by atoms with van der Waals surface area (Å²) in [5.41, 5.74) is 13.9. The first kappa shape index (κ1) is 14.1. The van der Waals surface area contributed by atoms with Gasteiger partial charge in [-0.05, 0) is 30.7 Å². The Kier molecular flexibility index (Phi) is 3.74. The summed E-state index contributed by atoms with van der Waals surface area (Å²) in [6.45, 7) is 2.99. The normalized spacial score (nSPS) is 10.8. The molecule has 112 valence electrons. The van der Waals surface area contributed by atoms with Crippen LogP contribution in [0.1, 0.15) is 13.3 Å². The molecule has 0 atom stereocenters. The van der Waals surface area contributed by atoms with Gasteiger partial charge in [-0.2, -0.15) is 4.98 Å². The van der Waals surface area contributed by atoms with E-state index in [0.29, 0.717) is 16.9 Å². The van der Waals surface area contributed by atoms with Gasteiger partial charge in [0, 0.05) is 12.2 Å². The molecule has 0 amide bonds. The van der Waals surface area contributed by atoms with Crippen molar-refractivity contribution in [3.05, 3.63) is 42.5 Å². The van der Waals surface area contributed by atoms with E-state index in [0.717, 1.165) is 24.5 Å². The van der Waals surface area contributed by atoms with Gasteiger partial charge in [0.05, 0.1) is 5.52 Å². The van der Waals surface area contributed by atoms with Crippen LogP contribution in [0.25, 0.3) is 11.0 Å². The van der Waals surface area contributed by atoms with Crippen LogP contribution in [0.3, 0.4) is 0 Å². The molecule has 6 heteroatoms. The Balaban J connectivity index is 2.10. The summed E-state index contributed by atoms with van der Waals surface area (Å²) in [7, 11) is 0. The minimum atomic E-state index is 0.160. The largest absolute Gasteiger partial charge is 0.382 e. The van der Waals surface area contributed by atoms with E-state index in [2.05, 4.69) is 38.9 Å². The summed E-state index contributed by atoms with van der Waals surface area (Å²) >= 11 is 0. The Morgan fingerprint density at radius 3 is 2.45 bits per heavy atom. The predicted molar refractivity (Wildman–Crippen MR) is 89.9 cm³/mol. The Labute approximate surface area is 128 Å². The SMILES string of the molecule is CCCN(c1ccccc1)c1ccc2nc(N)nc(N)c2n1. The van der Waals surface area contributed by atoms with Gasteiger partial charge in [-0.15, -0.1) is 0 Å². The van der Waals surface area contributed by atoms with Crippen molar-refractivity contribution < 1.29 is 0 Å². The number of hydrogen-bond acceptors (Lipinski definition) is 6. The molecular weight excluding hydrogens is 276 g/mol. The van der Waals surface area contributed by atoms with Gasteiger partial charge < -0.3 is 16.4 Å². The van der Waals surface area contributed by atoms with Gasteiger partial charge in [0.1, 0.15) is 11.3 Å². The molecule has 0 aliphatic carbocycles. The quantitative estimate of drug-likeness (QED) is 0.768. The van der Waals surface area contributed by atoms with Gasteiger partial charge in [0.15, 0.2) is 5.82 Å². The molecule has 0 saturated heterocycles. The first-order chi connectivity index (χ1) is 10.7. The Morgan fingerprint density at radius 2 is 1.73 bits per heavy atom. The molecule has 0 aliphatic rings. The number of nitrogens with zero attached hydrogens (tertiary/aromatic N) is 4. The third kappa shape index (κ3) is 2.63. The van der Waals surface area contributed by atoms with Gasteiger partial charge in [-0.1, -0.05) is 25.1 Å². The average Bonchev–Trinajstić information content (AvgIpc) is 2.53. The second-order valence-corrected chi connectivity index (χ2v) is 4.99. The summed E-state index contributed by atoms with van der Waals surface area (Å²) in [6, 6.07) is 13.9. The maximum atomic E-state index is 5.93. The zero-order chi connectivity index (χ0) is 15.5. The molecule has 0 unspecified atom stereocenters. The molecule has 1 aromatic carbocycles. The van der Waals surface area contributed by atoms with E-state index in [-0.39, 0.29) is 5.95 Å². The lowest BCUT2D eigenvalue weighted by molar-refractivity contribution is 0.874. The minimum absolute atomic E-state index is 0.160. The molecule has 22 heavy (non-hydrogen) atoms. The second-order valence-electron chi connectivity index (χ2n) is 4.99. The lowest BCUT2D eigenvalue weighted by atomic mass is 10.2. The van der Waals surface area contributed by atoms with Crippen molar-refractivity contribution in [2.24, 2.45) is 0 Å². The van der Waals surface area contributed by atoms with Crippen molar-refractivity contribution in [2.45, 2.75) is 13.3 Å². The molecule has 2 heterocycles. The third-order valence-corrected chi connectivity index (χ3v) is 3.36. The number of rotatable bonds is 4. The Hall–Kier alpha value is -2.89. The van der Waals surface area contributed by atoms with Crippen molar-refractivity contribution in [3.8, 4) is 0 Å². The number of aromatic nitrogens is 3. The molecule has 0 fully saturated rings. The van der Waals surface area contributed by atoms with Crippen LogP contribution in [0.2, 0.25) is 0 Å². The topological polar surface area (TPSA) is 94.0 Å². The highest BCUT2D eigenvalue weighted by atomic mass is 15.2. The maximum absolute atomic E-state index is 5.93. The Morgan fingerprint density at radius 1 is 0.955 bits per heavy atom. The van der Waals surface area contributed by atoms with Crippen molar-refractivity contribution in [3.63, 3.8) is 0 Å². The predicted octanol–water partition coefficient (Wildman–Crippen LogP) is 2.74. The number of fused-ring (bicyclic) bond motifs is 1. The van der Waals surface area contributed by atoms with E-state index in [1.165, 1.54) is 0 Å². The van der Waals surface area contributed by atoms with Crippen LogP contribution in [0.4, 0.5) is 23.3 Å². The highest BCUT2D eigenvalue weighted by Gasteiger charge is 2.12. The zero-order valence-corrected chi connectivity index (χ0v) is 12.4. The van der Waals surface area contributed by atoms with Crippen molar-refractivity contribution in [2.75, 3.05) is 22.9 Å². The molecule has 0 aliphatic heterocycles. The Bertz CT molecular complexity index is 787. The van der Waals surface area contributed by atoms with Gasteiger partial charge in [0.2, 0.25) is 5.95 Å². The van der Waals surface area contributed by atoms with E-state index >= 15 is 0 Å². The average molecular weight is 294 g/mol. The molecule has 0 saturated carbocycles. The fourth-order valence-electron chi connectivity index (χ4n) is 2.40.